The number of esters is 1. The number of ether oxygens (including phenoxy) is 2. The summed E-state index contributed by atoms with van der Waals surface area (Å²) in [6, 6.07) is 13.3. The Kier molecular flexibility index (Phi) is 6.43. The number of rotatable bonds is 8. The number of hydrogen-bond acceptors (Lipinski definition) is 10. The molecule has 0 aliphatic carbocycles. The average molecular weight is 471 g/mol. The summed E-state index contributed by atoms with van der Waals surface area (Å²) in [6.45, 7) is 1.63. The lowest BCUT2D eigenvalue weighted by molar-refractivity contribution is 0.0526. The molecule has 3 aromatic rings. The molecule has 4 rings (SSSR count). The lowest BCUT2D eigenvalue weighted by atomic mass is 10.1. The van der Waals surface area contributed by atoms with Gasteiger partial charge in [0.2, 0.25) is 15.8 Å². The Morgan fingerprint density at radius 3 is 2.76 bits per heavy atom. The summed E-state index contributed by atoms with van der Waals surface area (Å²) in [4.78, 5) is 21.1. The Bertz CT molecular complexity index is 1270. The van der Waals surface area contributed by atoms with Gasteiger partial charge in [-0.15, -0.1) is 0 Å². The van der Waals surface area contributed by atoms with Crippen molar-refractivity contribution in [2.45, 2.75) is 17.9 Å². The van der Waals surface area contributed by atoms with Crippen molar-refractivity contribution in [3.63, 3.8) is 0 Å². The van der Waals surface area contributed by atoms with E-state index in [0.717, 1.165) is 5.56 Å². The predicted octanol–water partition coefficient (Wildman–Crippen LogP) is 2.67. The summed E-state index contributed by atoms with van der Waals surface area (Å²) in [5.74, 6) is -0.435. The molecule has 1 atom stereocenters. The van der Waals surface area contributed by atoms with Crippen molar-refractivity contribution in [3.05, 3.63) is 65.9 Å². The van der Waals surface area contributed by atoms with Crippen LogP contribution in [0.4, 0.5) is 17.5 Å². The molecular formula is C22H22N4O6S. The fraction of sp³-hybridized carbons (Fsp3) is 0.227. The van der Waals surface area contributed by atoms with Crippen LogP contribution in [0, 0.1) is 0 Å². The first-order valence-corrected chi connectivity index (χ1v) is 11.8. The zero-order valence-corrected chi connectivity index (χ0v) is 18.5. The number of carbonyl (C=O) groups excluding carboxylic acids is 1. The van der Waals surface area contributed by atoms with Crippen molar-refractivity contribution in [1.29, 1.82) is 0 Å². The standard InChI is InChI=1S/C22H22N4O6S/c1-2-31-21(28)16-11-23-22(24-15-8-9-19-18(10-15)32-13-33(19,29)30)26-20(16)25-17(12-27)14-6-4-3-5-7-14/h3-11,17,27H,2,12-13H2,1H3,(H2,23,24,25,26)/t17-/m1/s1. The highest BCUT2D eigenvalue weighted by Gasteiger charge is 2.28. The second-order valence-electron chi connectivity index (χ2n) is 7.13. The van der Waals surface area contributed by atoms with Gasteiger partial charge in [-0.2, -0.15) is 4.98 Å². The monoisotopic (exact) mass is 470 g/mol. The molecule has 1 aromatic heterocycles. The van der Waals surface area contributed by atoms with E-state index < -0.39 is 27.8 Å². The van der Waals surface area contributed by atoms with Gasteiger partial charge in [0.05, 0.1) is 19.3 Å². The molecule has 1 aliphatic rings. The second-order valence-corrected chi connectivity index (χ2v) is 9.04. The molecule has 10 nitrogen and oxygen atoms in total. The van der Waals surface area contributed by atoms with E-state index >= 15 is 0 Å². The van der Waals surface area contributed by atoms with Gasteiger partial charge in [-0.3, -0.25) is 0 Å². The number of aliphatic hydroxyl groups excluding tert-OH is 1. The van der Waals surface area contributed by atoms with Crippen molar-refractivity contribution in [3.8, 4) is 5.75 Å². The highest BCUT2D eigenvalue weighted by Crippen LogP contribution is 2.34. The van der Waals surface area contributed by atoms with Crippen molar-refractivity contribution in [2.75, 3.05) is 29.8 Å². The average Bonchev–Trinajstić information content (AvgIpc) is 3.12. The molecule has 0 amide bonds. The molecule has 0 fully saturated rings. The summed E-state index contributed by atoms with van der Waals surface area (Å²) in [6.07, 6.45) is 1.32. The molecule has 11 heteroatoms. The molecule has 0 saturated heterocycles. The number of aromatic nitrogens is 2. The largest absolute Gasteiger partial charge is 0.476 e. The van der Waals surface area contributed by atoms with Crippen LogP contribution in [0.25, 0.3) is 0 Å². The van der Waals surface area contributed by atoms with Crippen molar-refractivity contribution in [1.82, 2.24) is 9.97 Å². The molecule has 2 aromatic carbocycles. The van der Waals surface area contributed by atoms with Crippen LogP contribution in [-0.2, 0) is 14.6 Å². The van der Waals surface area contributed by atoms with Gasteiger partial charge in [0.1, 0.15) is 22.0 Å². The highest BCUT2D eigenvalue weighted by molar-refractivity contribution is 7.91. The van der Waals surface area contributed by atoms with Crippen LogP contribution >= 0.6 is 0 Å². The molecule has 2 heterocycles. The highest BCUT2D eigenvalue weighted by atomic mass is 32.2. The van der Waals surface area contributed by atoms with E-state index in [1.165, 1.54) is 18.3 Å². The Balaban J connectivity index is 1.64. The molecular weight excluding hydrogens is 448 g/mol. The van der Waals surface area contributed by atoms with Gasteiger partial charge >= 0.3 is 5.97 Å². The molecule has 0 saturated carbocycles. The third-order valence-corrected chi connectivity index (χ3v) is 6.32. The molecule has 3 N–H and O–H groups in total. The molecule has 172 valence electrons. The summed E-state index contributed by atoms with van der Waals surface area (Å²) in [5.41, 5.74) is 1.42. The number of carbonyl (C=O) groups is 1. The SMILES string of the molecule is CCOC(=O)c1cnc(Nc2ccc3c(c2)OCS3(=O)=O)nc1N[C@H](CO)c1ccccc1. The number of sulfone groups is 1. The summed E-state index contributed by atoms with van der Waals surface area (Å²) in [5, 5.41) is 16.0. The van der Waals surface area contributed by atoms with E-state index in [1.54, 1.807) is 13.0 Å². The summed E-state index contributed by atoms with van der Waals surface area (Å²) in [7, 11) is -3.43. The number of hydrogen-bond donors (Lipinski definition) is 3. The number of aliphatic hydroxyl groups is 1. The molecule has 1 aliphatic heterocycles. The first-order valence-electron chi connectivity index (χ1n) is 10.1. The number of anilines is 3. The fourth-order valence-electron chi connectivity index (χ4n) is 3.28. The topological polar surface area (TPSA) is 140 Å². The predicted molar refractivity (Wildman–Crippen MR) is 120 cm³/mol. The normalized spacial score (nSPS) is 14.6. The van der Waals surface area contributed by atoms with E-state index in [0.29, 0.717) is 5.69 Å². The number of fused-ring (bicyclic) bond motifs is 1. The van der Waals surface area contributed by atoms with Crippen LogP contribution < -0.4 is 15.4 Å². The van der Waals surface area contributed by atoms with Crippen LogP contribution in [0.2, 0.25) is 0 Å². The van der Waals surface area contributed by atoms with E-state index in [1.807, 2.05) is 30.3 Å². The van der Waals surface area contributed by atoms with Crippen LogP contribution in [0.3, 0.4) is 0 Å². The molecule has 0 bridgehead atoms. The second kappa shape index (κ2) is 9.43. The van der Waals surface area contributed by atoms with Gasteiger partial charge in [0, 0.05) is 18.0 Å². The van der Waals surface area contributed by atoms with Crippen molar-refractivity contribution in [2.24, 2.45) is 0 Å². The number of nitrogens with one attached hydrogen (secondary N) is 2. The van der Waals surface area contributed by atoms with Crippen molar-refractivity contribution < 1.29 is 27.8 Å². The Labute approximate surface area is 190 Å². The van der Waals surface area contributed by atoms with Gasteiger partial charge in [0.25, 0.3) is 0 Å². The van der Waals surface area contributed by atoms with Crippen LogP contribution in [0.5, 0.6) is 5.75 Å². The quantitative estimate of drug-likeness (QED) is 0.421. The Morgan fingerprint density at radius 2 is 2.03 bits per heavy atom. The summed E-state index contributed by atoms with van der Waals surface area (Å²) >= 11 is 0. The minimum Gasteiger partial charge on any atom is -0.476 e. The first-order chi connectivity index (χ1) is 15.9. The Hall–Kier alpha value is -3.70. The molecule has 0 radical (unpaired) electrons. The van der Waals surface area contributed by atoms with Crippen LogP contribution in [-0.4, -0.2) is 48.6 Å². The van der Waals surface area contributed by atoms with Crippen molar-refractivity contribution >= 4 is 33.3 Å². The first kappa shape index (κ1) is 22.5. The van der Waals surface area contributed by atoms with Gasteiger partial charge in [0.15, 0.2) is 5.94 Å². The van der Waals surface area contributed by atoms with E-state index in [2.05, 4.69) is 20.6 Å². The third-order valence-electron chi connectivity index (χ3n) is 4.88. The lowest BCUT2D eigenvalue weighted by Gasteiger charge is -2.19. The third kappa shape index (κ3) is 4.89. The number of nitrogens with zero attached hydrogens (tertiary/aromatic N) is 2. The maximum atomic E-state index is 12.4. The number of benzene rings is 2. The maximum Gasteiger partial charge on any atom is 0.343 e. The smallest absolute Gasteiger partial charge is 0.343 e. The molecule has 0 spiro atoms. The zero-order chi connectivity index (χ0) is 23.4. The minimum absolute atomic E-state index is 0.111. The summed E-state index contributed by atoms with van der Waals surface area (Å²) < 4.78 is 34.2. The minimum atomic E-state index is -3.43. The van der Waals surface area contributed by atoms with Gasteiger partial charge in [-0.1, -0.05) is 30.3 Å². The lowest BCUT2D eigenvalue weighted by Crippen LogP contribution is -2.19. The van der Waals surface area contributed by atoms with Crippen LogP contribution in [0.15, 0.2) is 59.6 Å². The zero-order valence-electron chi connectivity index (χ0n) is 17.7. The Morgan fingerprint density at radius 1 is 1.24 bits per heavy atom. The van der Waals surface area contributed by atoms with Gasteiger partial charge < -0.3 is 25.2 Å². The van der Waals surface area contributed by atoms with Gasteiger partial charge in [-0.05, 0) is 24.6 Å². The maximum absolute atomic E-state index is 12.4. The molecule has 0 unspecified atom stereocenters. The van der Waals surface area contributed by atoms with Crippen LogP contribution in [0.1, 0.15) is 28.9 Å². The van der Waals surface area contributed by atoms with E-state index in [-0.39, 0.29) is 41.2 Å². The fourth-order valence-corrected chi connectivity index (χ4v) is 4.39. The molecule has 33 heavy (non-hydrogen) atoms. The van der Waals surface area contributed by atoms with E-state index in [9.17, 15) is 18.3 Å². The van der Waals surface area contributed by atoms with Gasteiger partial charge in [-0.25, -0.2) is 18.2 Å². The van der Waals surface area contributed by atoms with E-state index in [4.69, 9.17) is 9.47 Å².